The normalized spacial score (nSPS) is 13.1. The minimum Gasteiger partial charge on any atom is -0.461 e. The summed E-state index contributed by atoms with van der Waals surface area (Å²) in [5.74, 6) is -0.774. The number of aryl methyl sites for hydroxylation is 1. The molecule has 2 aromatic rings. The zero-order valence-corrected chi connectivity index (χ0v) is 15.5. The number of benzene rings is 1. The van der Waals surface area contributed by atoms with Crippen LogP contribution in [-0.2, 0) is 29.5 Å². The first-order valence-electron chi connectivity index (χ1n) is 8.70. The topological polar surface area (TPSA) is 90.7 Å². The van der Waals surface area contributed by atoms with E-state index in [1.807, 2.05) is 0 Å². The van der Waals surface area contributed by atoms with E-state index in [4.69, 9.17) is 9.47 Å². The minimum atomic E-state index is -0.448. The molecule has 0 N–H and O–H groups in total. The third kappa shape index (κ3) is 3.84. The highest BCUT2D eigenvalue weighted by Gasteiger charge is 2.30. The van der Waals surface area contributed by atoms with Crippen LogP contribution in [0, 0.1) is 0 Å². The number of carbonyl (C=O) groups excluding carboxylic acids is 3. The highest BCUT2D eigenvalue weighted by Crippen LogP contribution is 2.25. The first-order chi connectivity index (χ1) is 12.9. The largest absolute Gasteiger partial charge is 0.461 e. The monoisotopic (exact) mass is 371 g/mol. The summed E-state index contributed by atoms with van der Waals surface area (Å²) in [7, 11) is 1.69. The molecule has 0 aliphatic carbocycles. The Labute approximate surface area is 156 Å². The molecule has 0 spiro atoms. The fourth-order valence-electron chi connectivity index (χ4n) is 3.17. The van der Waals surface area contributed by atoms with Gasteiger partial charge in [-0.2, -0.15) is 5.10 Å². The number of hydrogen-bond donors (Lipinski definition) is 0. The molecule has 0 radical (unpaired) electrons. The van der Waals surface area contributed by atoms with Gasteiger partial charge in [-0.05, 0) is 25.1 Å². The summed E-state index contributed by atoms with van der Waals surface area (Å²) in [6.07, 6.45) is 0.554. The van der Waals surface area contributed by atoms with Gasteiger partial charge in [-0.1, -0.05) is 6.07 Å². The summed E-state index contributed by atoms with van der Waals surface area (Å²) < 4.78 is 11.7. The Morgan fingerprint density at radius 2 is 2.04 bits per heavy atom. The summed E-state index contributed by atoms with van der Waals surface area (Å²) in [4.78, 5) is 37.9. The summed E-state index contributed by atoms with van der Waals surface area (Å²) in [5, 5.41) is 4.39. The predicted octanol–water partition coefficient (Wildman–Crippen LogP) is 1.72. The Kier molecular flexibility index (Phi) is 5.25. The molecule has 1 aliphatic heterocycles. The van der Waals surface area contributed by atoms with Crippen LogP contribution in [0.5, 0.6) is 5.75 Å². The van der Waals surface area contributed by atoms with Gasteiger partial charge in [-0.15, -0.1) is 0 Å². The van der Waals surface area contributed by atoms with Crippen molar-refractivity contribution in [3.63, 3.8) is 0 Å². The first kappa shape index (κ1) is 18.6. The van der Waals surface area contributed by atoms with Crippen LogP contribution in [0.1, 0.15) is 46.0 Å². The molecule has 1 aromatic heterocycles. The second kappa shape index (κ2) is 7.61. The van der Waals surface area contributed by atoms with Gasteiger partial charge in [0.05, 0.1) is 18.8 Å². The van der Waals surface area contributed by atoms with Gasteiger partial charge in [0.15, 0.2) is 5.69 Å². The van der Waals surface area contributed by atoms with Crippen molar-refractivity contribution in [2.45, 2.75) is 26.8 Å². The third-order valence-corrected chi connectivity index (χ3v) is 4.29. The quantitative estimate of drug-likeness (QED) is 0.600. The van der Waals surface area contributed by atoms with E-state index in [9.17, 15) is 14.4 Å². The highest BCUT2D eigenvalue weighted by molar-refractivity contribution is 5.95. The van der Waals surface area contributed by atoms with Crippen molar-refractivity contribution in [2.75, 3.05) is 13.2 Å². The second-order valence-corrected chi connectivity index (χ2v) is 6.22. The average molecular weight is 371 g/mol. The number of aromatic nitrogens is 2. The van der Waals surface area contributed by atoms with Crippen molar-refractivity contribution in [1.82, 2.24) is 14.7 Å². The SMILES string of the molecule is CCOC(=O)c1c2c(nn1C)CCN(C(=O)c1cccc(OC(C)=O)c1)C2. The van der Waals surface area contributed by atoms with Gasteiger partial charge in [0.2, 0.25) is 0 Å². The Morgan fingerprint density at radius 3 is 2.74 bits per heavy atom. The molecule has 1 aliphatic rings. The van der Waals surface area contributed by atoms with Crippen LogP contribution >= 0.6 is 0 Å². The van der Waals surface area contributed by atoms with Crippen LogP contribution in [0.3, 0.4) is 0 Å². The molecule has 8 nitrogen and oxygen atoms in total. The molecule has 8 heteroatoms. The fourth-order valence-corrected chi connectivity index (χ4v) is 3.17. The number of rotatable bonds is 4. The molecule has 0 bridgehead atoms. The lowest BCUT2D eigenvalue weighted by molar-refractivity contribution is -0.131. The maximum Gasteiger partial charge on any atom is 0.356 e. The van der Waals surface area contributed by atoms with E-state index in [1.54, 1.807) is 37.1 Å². The molecule has 2 heterocycles. The third-order valence-electron chi connectivity index (χ3n) is 4.29. The van der Waals surface area contributed by atoms with Gasteiger partial charge in [0.25, 0.3) is 5.91 Å². The number of hydrogen-bond acceptors (Lipinski definition) is 6. The number of ether oxygens (including phenoxy) is 2. The Bertz CT molecular complexity index is 903. The molecule has 3 rings (SSSR count). The van der Waals surface area contributed by atoms with Crippen molar-refractivity contribution in [3.05, 3.63) is 46.8 Å². The zero-order valence-electron chi connectivity index (χ0n) is 15.5. The van der Waals surface area contributed by atoms with E-state index >= 15 is 0 Å². The van der Waals surface area contributed by atoms with Gasteiger partial charge in [0, 0.05) is 38.1 Å². The van der Waals surface area contributed by atoms with Gasteiger partial charge in [-0.25, -0.2) is 4.79 Å². The fraction of sp³-hybridized carbons (Fsp3) is 0.368. The molecule has 142 valence electrons. The summed E-state index contributed by atoms with van der Waals surface area (Å²) in [6.45, 7) is 4.08. The number of carbonyl (C=O) groups is 3. The van der Waals surface area contributed by atoms with Crippen molar-refractivity contribution in [1.29, 1.82) is 0 Å². The smallest absolute Gasteiger partial charge is 0.356 e. The summed E-state index contributed by atoms with van der Waals surface area (Å²) in [5.41, 5.74) is 2.31. The van der Waals surface area contributed by atoms with Crippen LogP contribution in [-0.4, -0.2) is 45.7 Å². The van der Waals surface area contributed by atoms with Crippen molar-refractivity contribution < 1.29 is 23.9 Å². The van der Waals surface area contributed by atoms with E-state index in [-0.39, 0.29) is 19.1 Å². The predicted molar refractivity (Wildman–Crippen MR) is 95.4 cm³/mol. The van der Waals surface area contributed by atoms with E-state index < -0.39 is 11.9 Å². The van der Waals surface area contributed by atoms with Crippen molar-refractivity contribution in [2.24, 2.45) is 7.05 Å². The molecule has 0 saturated heterocycles. The standard InChI is InChI=1S/C19H21N3O5/c1-4-26-19(25)17-15-11-22(9-8-16(15)20-21(17)3)18(24)13-6-5-7-14(10-13)27-12(2)23/h5-7,10H,4,8-9,11H2,1-3H3. The van der Waals surface area contributed by atoms with Crippen molar-refractivity contribution in [3.8, 4) is 5.75 Å². The van der Waals surface area contributed by atoms with Gasteiger partial charge in [0.1, 0.15) is 5.75 Å². The Morgan fingerprint density at radius 1 is 1.26 bits per heavy atom. The zero-order chi connectivity index (χ0) is 19.6. The van der Waals surface area contributed by atoms with Crippen LogP contribution in [0.2, 0.25) is 0 Å². The summed E-state index contributed by atoms with van der Waals surface area (Å²) in [6, 6.07) is 6.48. The average Bonchev–Trinajstić information content (AvgIpc) is 2.95. The lowest BCUT2D eigenvalue weighted by Gasteiger charge is -2.27. The molecule has 0 saturated carbocycles. The maximum atomic E-state index is 12.9. The lowest BCUT2D eigenvalue weighted by atomic mass is 10.0. The highest BCUT2D eigenvalue weighted by atomic mass is 16.5. The molecule has 0 fully saturated rings. The number of nitrogens with zero attached hydrogens (tertiary/aromatic N) is 3. The molecule has 1 amide bonds. The van der Waals surface area contributed by atoms with E-state index in [1.165, 1.54) is 17.7 Å². The molecule has 27 heavy (non-hydrogen) atoms. The molecule has 0 unspecified atom stereocenters. The van der Waals surface area contributed by atoms with Crippen LogP contribution in [0.15, 0.2) is 24.3 Å². The van der Waals surface area contributed by atoms with Crippen LogP contribution in [0.4, 0.5) is 0 Å². The van der Waals surface area contributed by atoms with Crippen LogP contribution < -0.4 is 4.74 Å². The molecular weight excluding hydrogens is 350 g/mol. The lowest BCUT2D eigenvalue weighted by Crippen LogP contribution is -2.36. The van der Waals surface area contributed by atoms with Gasteiger partial charge in [-0.3, -0.25) is 14.3 Å². The number of fused-ring (bicyclic) bond motifs is 1. The minimum absolute atomic E-state index is 0.201. The van der Waals surface area contributed by atoms with Gasteiger partial charge >= 0.3 is 11.9 Å². The molecule has 0 atom stereocenters. The van der Waals surface area contributed by atoms with Gasteiger partial charge < -0.3 is 14.4 Å². The van der Waals surface area contributed by atoms with Crippen molar-refractivity contribution >= 4 is 17.8 Å². The summed E-state index contributed by atoms with van der Waals surface area (Å²) >= 11 is 0. The number of amides is 1. The number of esters is 2. The molecule has 1 aromatic carbocycles. The van der Waals surface area contributed by atoms with Crippen LogP contribution in [0.25, 0.3) is 0 Å². The Balaban J connectivity index is 1.84. The second-order valence-electron chi connectivity index (χ2n) is 6.22. The maximum absolute atomic E-state index is 12.9. The van der Waals surface area contributed by atoms with E-state index in [0.29, 0.717) is 35.5 Å². The Hall–Kier alpha value is -3.16. The van der Waals surface area contributed by atoms with E-state index in [0.717, 1.165) is 5.69 Å². The van der Waals surface area contributed by atoms with E-state index in [2.05, 4.69) is 5.10 Å². The molecular formula is C19H21N3O5. The first-order valence-corrected chi connectivity index (χ1v) is 8.70.